The predicted octanol–water partition coefficient (Wildman–Crippen LogP) is 2.14. The lowest BCUT2D eigenvalue weighted by Crippen LogP contribution is -2.29. The van der Waals surface area contributed by atoms with Gasteiger partial charge in [0.15, 0.2) is 0 Å². The van der Waals surface area contributed by atoms with Crippen LogP contribution in [-0.2, 0) is 4.74 Å². The number of alkyl halides is 1. The fourth-order valence-corrected chi connectivity index (χ4v) is 1.19. The van der Waals surface area contributed by atoms with Gasteiger partial charge in [0.2, 0.25) is 0 Å². The molecular weight excluding hydrogens is 186 g/mol. The molecule has 0 saturated heterocycles. The lowest BCUT2D eigenvalue weighted by molar-refractivity contribution is 0.157. The van der Waals surface area contributed by atoms with Gasteiger partial charge in [-0.05, 0) is 13.8 Å². The molecule has 0 aromatic heterocycles. The number of hydrogen-bond donors (Lipinski definition) is 0. The summed E-state index contributed by atoms with van der Waals surface area (Å²) >= 11 is 5.69. The van der Waals surface area contributed by atoms with E-state index in [0.29, 0.717) is 5.88 Å². The highest BCUT2D eigenvalue weighted by atomic mass is 35.5. The van der Waals surface area contributed by atoms with Crippen LogP contribution in [0.25, 0.3) is 0 Å². The first-order valence-electron chi connectivity index (χ1n) is 4.61. The summed E-state index contributed by atoms with van der Waals surface area (Å²) in [6, 6.07) is 0. The van der Waals surface area contributed by atoms with Crippen molar-refractivity contribution in [3.8, 4) is 0 Å². The molecule has 0 aromatic rings. The van der Waals surface area contributed by atoms with E-state index in [1.807, 2.05) is 0 Å². The first-order chi connectivity index (χ1) is 6.20. The predicted molar refractivity (Wildman–Crippen MR) is 58.5 cm³/mol. The third-order valence-electron chi connectivity index (χ3n) is 1.77. The molecule has 0 saturated carbocycles. The Hall–Kier alpha value is -0.0500. The molecule has 0 unspecified atom stereocenters. The molecule has 0 aliphatic carbocycles. The maximum atomic E-state index is 5.69. The molecular formula is C10H20ClNO. The molecule has 0 bridgehead atoms. The molecule has 0 radical (unpaired) electrons. The Morgan fingerprint density at radius 1 is 1.38 bits per heavy atom. The highest BCUT2D eigenvalue weighted by Crippen LogP contribution is 1.94. The zero-order chi connectivity index (χ0) is 10.1. The monoisotopic (exact) mass is 205 g/mol. The average molecular weight is 206 g/mol. The van der Waals surface area contributed by atoms with Gasteiger partial charge in [0, 0.05) is 32.6 Å². The number of allylic oxidation sites excluding steroid dienone is 1. The minimum absolute atomic E-state index is 0.681. The van der Waals surface area contributed by atoms with Crippen molar-refractivity contribution in [2.75, 3.05) is 39.2 Å². The van der Waals surface area contributed by atoms with Gasteiger partial charge in [-0.1, -0.05) is 11.6 Å². The van der Waals surface area contributed by atoms with E-state index >= 15 is 0 Å². The van der Waals surface area contributed by atoms with Crippen molar-refractivity contribution >= 4 is 11.6 Å². The maximum Gasteiger partial charge on any atom is 0.0589 e. The van der Waals surface area contributed by atoms with E-state index < -0.39 is 0 Å². The van der Waals surface area contributed by atoms with Crippen LogP contribution >= 0.6 is 11.6 Å². The Kier molecular flexibility index (Phi) is 8.51. The molecule has 0 fully saturated rings. The molecule has 0 heterocycles. The molecule has 0 amide bonds. The Morgan fingerprint density at radius 3 is 2.54 bits per heavy atom. The summed E-state index contributed by atoms with van der Waals surface area (Å²) < 4.78 is 5.02. The fourth-order valence-electron chi connectivity index (χ4n) is 0.946. The Labute approximate surface area is 86.5 Å². The molecule has 0 spiro atoms. The van der Waals surface area contributed by atoms with Crippen molar-refractivity contribution in [3.05, 3.63) is 11.6 Å². The second kappa shape index (κ2) is 8.54. The number of rotatable bonds is 7. The molecule has 0 aliphatic heterocycles. The third kappa shape index (κ3) is 8.28. The molecule has 0 atom stereocenters. The van der Waals surface area contributed by atoms with Crippen LogP contribution in [0.2, 0.25) is 0 Å². The van der Waals surface area contributed by atoms with Crippen molar-refractivity contribution < 1.29 is 4.74 Å². The smallest absolute Gasteiger partial charge is 0.0589 e. The zero-order valence-electron chi connectivity index (χ0n) is 8.85. The van der Waals surface area contributed by atoms with E-state index in [9.17, 15) is 0 Å². The lowest BCUT2D eigenvalue weighted by Gasteiger charge is -2.18. The Bertz CT molecular complexity index is 144. The highest BCUT2D eigenvalue weighted by Gasteiger charge is 2.00. The van der Waals surface area contributed by atoms with Crippen LogP contribution in [0.15, 0.2) is 11.6 Å². The standard InChI is InChI=1S/C10H20ClNO/c1-10(2)4-6-12(7-5-11)8-9-13-3/h4H,5-9H2,1-3H3. The third-order valence-corrected chi connectivity index (χ3v) is 1.94. The van der Waals surface area contributed by atoms with Gasteiger partial charge in [-0.15, -0.1) is 11.6 Å². The zero-order valence-corrected chi connectivity index (χ0v) is 9.60. The molecule has 13 heavy (non-hydrogen) atoms. The van der Waals surface area contributed by atoms with Gasteiger partial charge < -0.3 is 4.74 Å². The number of nitrogens with zero attached hydrogens (tertiary/aromatic N) is 1. The summed E-state index contributed by atoms with van der Waals surface area (Å²) in [6.07, 6.45) is 2.21. The van der Waals surface area contributed by atoms with E-state index in [1.54, 1.807) is 7.11 Å². The normalized spacial score (nSPS) is 10.5. The van der Waals surface area contributed by atoms with Crippen LogP contribution in [0.1, 0.15) is 13.8 Å². The molecule has 0 aliphatic rings. The van der Waals surface area contributed by atoms with Crippen LogP contribution < -0.4 is 0 Å². The fraction of sp³-hybridized carbons (Fsp3) is 0.800. The minimum Gasteiger partial charge on any atom is -0.383 e. The van der Waals surface area contributed by atoms with Crippen molar-refractivity contribution in [2.45, 2.75) is 13.8 Å². The SMILES string of the molecule is COCCN(CC=C(C)C)CCCl. The van der Waals surface area contributed by atoms with Crippen LogP contribution in [-0.4, -0.2) is 44.1 Å². The number of ether oxygens (including phenoxy) is 1. The van der Waals surface area contributed by atoms with E-state index in [0.717, 1.165) is 26.2 Å². The lowest BCUT2D eigenvalue weighted by atomic mass is 10.3. The largest absolute Gasteiger partial charge is 0.383 e. The molecule has 3 heteroatoms. The molecule has 2 nitrogen and oxygen atoms in total. The second-order valence-electron chi connectivity index (χ2n) is 3.26. The minimum atomic E-state index is 0.681. The quantitative estimate of drug-likeness (QED) is 0.467. The van der Waals surface area contributed by atoms with Gasteiger partial charge >= 0.3 is 0 Å². The van der Waals surface area contributed by atoms with Gasteiger partial charge in [0.25, 0.3) is 0 Å². The van der Waals surface area contributed by atoms with Crippen molar-refractivity contribution in [2.24, 2.45) is 0 Å². The van der Waals surface area contributed by atoms with Crippen molar-refractivity contribution in [1.82, 2.24) is 4.90 Å². The van der Waals surface area contributed by atoms with E-state index in [2.05, 4.69) is 24.8 Å². The Morgan fingerprint density at radius 2 is 2.08 bits per heavy atom. The summed E-state index contributed by atoms with van der Waals surface area (Å²) in [6.45, 7) is 7.83. The van der Waals surface area contributed by atoms with E-state index in [4.69, 9.17) is 16.3 Å². The second-order valence-corrected chi connectivity index (χ2v) is 3.64. The summed E-state index contributed by atoms with van der Waals surface area (Å²) in [7, 11) is 1.72. The maximum absolute atomic E-state index is 5.69. The van der Waals surface area contributed by atoms with Crippen LogP contribution in [0.4, 0.5) is 0 Å². The highest BCUT2D eigenvalue weighted by molar-refractivity contribution is 6.18. The first kappa shape index (κ1) is 12.9. The van der Waals surface area contributed by atoms with Crippen LogP contribution in [0, 0.1) is 0 Å². The Balaban J connectivity index is 3.72. The summed E-state index contributed by atoms with van der Waals surface area (Å²) in [5.74, 6) is 0.681. The summed E-state index contributed by atoms with van der Waals surface area (Å²) in [5, 5.41) is 0. The van der Waals surface area contributed by atoms with Crippen molar-refractivity contribution in [1.29, 1.82) is 0 Å². The molecule has 0 rings (SSSR count). The van der Waals surface area contributed by atoms with Gasteiger partial charge in [-0.2, -0.15) is 0 Å². The van der Waals surface area contributed by atoms with Gasteiger partial charge in [0.1, 0.15) is 0 Å². The van der Waals surface area contributed by atoms with Gasteiger partial charge in [-0.25, -0.2) is 0 Å². The molecule has 78 valence electrons. The number of hydrogen-bond acceptors (Lipinski definition) is 2. The van der Waals surface area contributed by atoms with E-state index in [1.165, 1.54) is 5.57 Å². The number of halogens is 1. The van der Waals surface area contributed by atoms with Crippen LogP contribution in [0.3, 0.4) is 0 Å². The average Bonchev–Trinajstić information content (AvgIpc) is 2.09. The topological polar surface area (TPSA) is 12.5 Å². The van der Waals surface area contributed by atoms with Crippen LogP contribution in [0.5, 0.6) is 0 Å². The molecule has 0 aromatic carbocycles. The van der Waals surface area contributed by atoms with Gasteiger partial charge in [-0.3, -0.25) is 4.90 Å². The summed E-state index contributed by atoms with van der Waals surface area (Å²) in [4.78, 5) is 2.28. The van der Waals surface area contributed by atoms with Gasteiger partial charge in [0.05, 0.1) is 6.61 Å². The molecule has 0 N–H and O–H groups in total. The first-order valence-corrected chi connectivity index (χ1v) is 5.14. The number of methoxy groups -OCH3 is 1. The summed E-state index contributed by atoms with van der Waals surface area (Å²) in [5.41, 5.74) is 1.34. The van der Waals surface area contributed by atoms with Crippen molar-refractivity contribution in [3.63, 3.8) is 0 Å². The van der Waals surface area contributed by atoms with E-state index in [-0.39, 0.29) is 0 Å².